The van der Waals surface area contributed by atoms with Crippen molar-refractivity contribution in [3.8, 4) is 0 Å². The number of nitrogens with one attached hydrogen (secondary N) is 2. The zero-order chi connectivity index (χ0) is 17.0. The summed E-state index contributed by atoms with van der Waals surface area (Å²) in [7, 11) is 0. The van der Waals surface area contributed by atoms with E-state index in [1.165, 1.54) is 6.07 Å². The first-order valence-electron chi connectivity index (χ1n) is 6.50. The second-order valence-electron chi connectivity index (χ2n) is 4.71. The summed E-state index contributed by atoms with van der Waals surface area (Å²) in [6.45, 7) is 0. The molecule has 1 atom stereocenters. The first-order valence-corrected chi connectivity index (χ1v) is 6.91. The number of benzene rings is 2. The zero-order valence-corrected chi connectivity index (χ0v) is 12.5. The van der Waals surface area contributed by atoms with Crippen LogP contribution in [0.25, 0.3) is 0 Å². The van der Waals surface area contributed by atoms with Crippen LogP contribution in [0, 0.1) is 0 Å². The van der Waals surface area contributed by atoms with Crippen LogP contribution in [-0.2, 0) is 6.18 Å². The van der Waals surface area contributed by atoms with Gasteiger partial charge in [0.25, 0.3) is 0 Å². The number of alkyl halides is 4. The topological polar surface area (TPSA) is 50.1 Å². The molecule has 122 valence electrons. The molecular formula is C15H13F4N3S. The molecule has 0 spiro atoms. The van der Waals surface area contributed by atoms with E-state index in [2.05, 4.69) is 10.6 Å². The maximum atomic E-state index is 14.1. The molecule has 0 aromatic heterocycles. The summed E-state index contributed by atoms with van der Waals surface area (Å²) in [5, 5.41) is 4.95. The van der Waals surface area contributed by atoms with E-state index in [1.807, 2.05) is 0 Å². The van der Waals surface area contributed by atoms with Gasteiger partial charge in [-0.25, -0.2) is 4.39 Å². The molecule has 23 heavy (non-hydrogen) atoms. The summed E-state index contributed by atoms with van der Waals surface area (Å²) in [5.74, 6) is 0. The van der Waals surface area contributed by atoms with E-state index in [9.17, 15) is 17.6 Å². The molecule has 2 rings (SSSR count). The molecular weight excluding hydrogens is 330 g/mol. The summed E-state index contributed by atoms with van der Waals surface area (Å²) in [6.07, 6.45) is -6.40. The lowest BCUT2D eigenvalue weighted by atomic mass is 10.1. The lowest BCUT2D eigenvalue weighted by Gasteiger charge is -2.16. The van der Waals surface area contributed by atoms with Crippen molar-refractivity contribution in [3.05, 3.63) is 59.7 Å². The minimum atomic E-state index is -4.53. The smallest absolute Gasteiger partial charge is 0.399 e. The Balaban J connectivity index is 2.02. The molecule has 0 aliphatic carbocycles. The highest BCUT2D eigenvalue weighted by Gasteiger charge is 2.31. The predicted molar refractivity (Wildman–Crippen MR) is 85.5 cm³/mol. The summed E-state index contributed by atoms with van der Waals surface area (Å²) in [6, 6.07) is 10.5. The highest BCUT2D eigenvalue weighted by Crippen LogP contribution is 2.31. The number of anilines is 2. The van der Waals surface area contributed by atoms with Gasteiger partial charge in [0, 0.05) is 16.9 Å². The van der Waals surface area contributed by atoms with E-state index in [0.29, 0.717) is 11.4 Å². The van der Waals surface area contributed by atoms with Crippen LogP contribution in [0.15, 0.2) is 48.5 Å². The normalized spacial score (nSPS) is 12.5. The summed E-state index contributed by atoms with van der Waals surface area (Å²) < 4.78 is 52.0. The van der Waals surface area contributed by atoms with E-state index >= 15 is 0 Å². The fourth-order valence-electron chi connectivity index (χ4n) is 1.80. The van der Waals surface area contributed by atoms with Crippen LogP contribution in [0.2, 0.25) is 0 Å². The minimum absolute atomic E-state index is 0.0558. The number of rotatable bonds is 3. The van der Waals surface area contributed by atoms with Crippen molar-refractivity contribution in [2.24, 2.45) is 0 Å². The highest BCUT2D eigenvalue weighted by atomic mass is 32.1. The summed E-state index contributed by atoms with van der Waals surface area (Å²) in [5.41, 5.74) is 5.58. The third kappa shape index (κ3) is 4.82. The number of hydrogen-bond donors (Lipinski definition) is 3. The Kier molecular flexibility index (Phi) is 5.05. The van der Waals surface area contributed by atoms with Crippen LogP contribution in [0.1, 0.15) is 17.4 Å². The van der Waals surface area contributed by atoms with Crippen LogP contribution >= 0.6 is 12.2 Å². The number of halogens is 4. The van der Waals surface area contributed by atoms with Gasteiger partial charge >= 0.3 is 6.18 Å². The fraction of sp³-hybridized carbons (Fsp3) is 0.133. The summed E-state index contributed by atoms with van der Waals surface area (Å²) >= 11 is 4.94. The lowest BCUT2D eigenvalue weighted by molar-refractivity contribution is -0.137. The maximum Gasteiger partial charge on any atom is 0.416 e. The molecule has 0 fully saturated rings. The van der Waals surface area contributed by atoms with Crippen molar-refractivity contribution in [3.63, 3.8) is 0 Å². The largest absolute Gasteiger partial charge is 0.416 e. The number of thiocarbonyl (C=S) groups is 1. The Morgan fingerprint density at radius 1 is 1.09 bits per heavy atom. The van der Waals surface area contributed by atoms with Gasteiger partial charge in [0.2, 0.25) is 0 Å². The van der Waals surface area contributed by atoms with Gasteiger partial charge in [-0.15, -0.1) is 0 Å². The quantitative estimate of drug-likeness (QED) is 0.338. The highest BCUT2D eigenvalue weighted by molar-refractivity contribution is 7.80. The van der Waals surface area contributed by atoms with Gasteiger partial charge in [0.1, 0.15) is 0 Å². The van der Waals surface area contributed by atoms with E-state index in [0.717, 1.165) is 18.2 Å². The second-order valence-corrected chi connectivity index (χ2v) is 5.11. The van der Waals surface area contributed by atoms with Gasteiger partial charge in [-0.05, 0) is 48.6 Å². The Morgan fingerprint density at radius 2 is 1.74 bits per heavy atom. The van der Waals surface area contributed by atoms with Crippen LogP contribution < -0.4 is 16.4 Å². The Morgan fingerprint density at radius 3 is 2.35 bits per heavy atom. The molecule has 8 heteroatoms. The molecule has 4 N–H and O–H groups in total. The average molecular weight is 343 g/mol. The molecule has 2 aromatic carbocycles. The molecule has 0 aliphatic rings. The monoisotopic (exact) mass is 343 g/mol. The van der Waals surface area contributed by atoms with Gasteiger partial charge in [-0.1, -0.05) is 12.1 Å². The van der Waals surface area contributed by atoms with Crippen molar-refractivity contribution in [2.75, 3.05) is 11.1 Å². The fourth-order valence-corrected chi connectivity index (χ4v) is 2.03. The van der Waals surface area contributed by atoms with Crippen LogP contribution in [0.5, 0.6) is 0 Å². The van der Waals surface area contributed by atoms with Gasteiger partial charge in [-0.3, -0.25) is 0 Å². The molecule has 0 saturated carbocycles. The number of nitrogens with two attached hydrogens (primary N) is 1. The van der Waals surface area contributed by atoms with Gasteiger partial charge in [0.15, 0.2) is 11.4 Å². The molecule has 0 heterocycles. The third-order valence-electron chi connectivity index (χ3n) is 2.93. The Hall–Kier alpha value is -2.35. The molecule has 1 unspecified atom stereocenters. The third-order valence-corrected chi connectivity index (χ3v) is 3.15. The van der Waals surface area contributed by atoms with Crippen molar-refractivity contribution in [1.29, 1.82) is 0 Å². The van der Waals surface area contributed by atoms with Crippen LogP contribution in [0.3, 0.4) is 0 Å². The minimum Gasteiger partial charge on any atom is -0.399 e. The lowest BCUT2D eigenvalue weighted by Crippen LogP contribution is -2.30. The van der Waals surface area contributed by atoms with E-state index < -0.39 is 18.0 Å². The van der Waals surface area contributed by atoms with E-state index in [1.54, 1.807) is 24.3 Å². The number of nitrogen functional groups attached to an aromatic ring is 1. The van der Waals surface area contributed by atoms with Gasteiger partial charge in [-0.2, -0.15) is 13.2 Å². The van der Waals surface area contributed by atoms with Crippen molar-refractivity contribution in [2.45, 2.75) is 12.5 Å². The first-order chi connectivity index (χ1) is 10.8. The van der Waals surface area contributed by atoms with E-state index in [-0.39, 0.29) is 10.7 Å². The molecule has 0 bridgehead atoms. The molecule has 0 saturated heterocycles. The molecule has 0 amide bonds. The zero-order valence-electron chi connectivity index (χ0n) is 11.7. The molecule has 0 radical (unpaired) electrons. The second kappa shape index (κ2) is 6.82. The van der Waals surface area contributed by atoms with Crippen molar-refractivity contribution in [1.82, 2.24) is 5.32 Å². The predicted octanol–water partition coefficient (Wildman–Crippen LogP) is 4.24. The summed E-state index contributed by atoms with van der Waals surface area (Å²) in [4.78, 5) is 0. The van der Waals surface area contributed by atoms with Crippen LogP contribution in [0.4, 0.5) is 28.9 Å². The van der Waals surface area contributed by atoms with Gasteiger partial charge < -0.3 is 16.4 Å². The molecule has 2 aromatic rings. The average Bonchev–Trinajstić information content (AvgIpc) is 2.49. The van der Waals surface area contributed by atoms with E-state index in [4.69, 9.17) is 18.0 Å². The Bertz CT molecular complexity index is 686. The van der Waals surface area contributed by atoms with Crippen LogP contribution in [-0.4, -0.2) is 5.11 Å². The SMILES string of the molecule is Nc1ccc(NC(=S)NC(F)c2cccc(C(F)(F)F)c2)cc1. The first kappa shape index (κ1) is 17.0. The Labute approximate surface area is 135 Å². The van der Waals surface area contributed by atoms with Crippen molar-refractivity contribution < 1.29 is 17.6 Å². The standard InChI is InChI=1S/C15H13F4N3S/c16-13(9-2-1-3-10(8-9)15(17,18)19)22-14(23)21-12-6-4-11(20)5-7-12/h1-8,13H,20H2,(H2,21,22,23). The maximum absolute atomic E-state index is 14.1. The van der Waals surface area contributed by atoms with Gasteiger partial charge in [0.05, 0.1) is 5.56 Å². The molecule has 3 nitrogen and oxygen atoms in total. The number of hydrogen-bond acceptors (Lipinski definition) is 2. The molecule has 0 aliphatic heterocycles. The van der Waals surface area contributed by atoms with Crippen molar-refractivity contribution >= 4 is 28.7 Å².